The minimum absolute atomic E-state index is 0.0365. The molecule has 6 heteroatoms. The van der Waals surface area contributed by atoms with Gasteiger partial charge in [0, 0.05) is 18.2 Å². The van der Waals surface area contributed by atoms with E-state index in [1.165, 1.54) is 17.5 Å². The summed E-state index contributed by atoms with van der Waals surface area (Å²) >= 11 is 7.10. The van der Waals surface area contributed by atoms with Crippen LogP contribution < -0.4 is 0 Å². The van der Waals surface area contributed by atoms with Crippen LogP contribution in [0, 0.1) is 6.92 Å². The molecule has 0 fully saturated rings. The number of aryl methyl sites for hydroxylation is 1. The predicted molar refractivity (Wildman–Crippen MR) is 98.7 cm³/mol. The molecular weight excluding hydrogens is 358 g/mol. The van der Waals surface area contributed by atoms with Gasteiger partial charge in [0.25, 0.3) is 0 Å². The van der Waals surface area contributed by atoms with Crippen LogP contribution in [0.1, 0.15) is 31.8 Å². The Morgan fingerprint density at radius 3 is 2.48 bits per heavy atom. The Morgan fingerprint density at radius 2 is 1.88 bits per heavy atom. The zero-order valence-electron chi connectivity index (χ0n) is 13.3. The van der Waals surface area contributed by atoms with Gasteiger partial charge in [0.15, 0.2) is 5.78 Å². The van der Waals surface area contributed by atoms with Crippen molar-refractivity contribution in [2.75, 3.05) is 0 Å². The van der Waals surface area contributed by atoms with Crippen molar-refractivity contribution in [2.45, 2.75) is 13.3 Å². The van der Waals surface area contributed by atoms with E-state index in [4.69, 9.17) is 11.6 Å². The molecule has 0 amide bonds. The highest BCUT2D eigenvalue weighted by molar-refractivity contribution is 7.14. The third-order valence-corrected chi connectivity index (χ3v) is 5.04. The topological polar surface area (TPSA) is 67.3 Å². The van der Waals surface area contributed by atoms with Gasteiger partial charge in [0.1, 0.15) is 0 Å². The van der Waals surface area contributed by atoms with E-state index in [1.54, 1.807) is 29.6 Å². The number of carbonyl (C=O) groups excluding carboxylic acids is 1. The summed E-state index contributed by atoms with van der Waals surface area (Å²) in [6.07, 6.45) is 1.51. The largest absolute Gasteiger partial charge is 0.478 e. The molecule has 2 aromatic heterocycles. The van der Waals surface area contributed by atoms with Crippen LogP contribution in [0.4, 0.5) is 0 Å². The molecule has 0 aliphatic heterocycles. The molecule has 0 aliphatic carbocycles. The average molecular weight is 372 g/mol. The average Bonchev–Trinajstić information content (AvgIpc) is 3.00. The summed E-state index contributed by atoms with van der Waals surface area (Å²) < 4.78 is 0. The van der Waals surface area contributed by atoms with Gasteiger partial charge in [-0.2, -0.15) is 0 Å². The second-order valence-electron chi connectivity index (χ2n) is 5.60. The zero-order chi connectivity index (χ0) is 18.0. The molecule has 0 radical (unpaired) electrons. The molecule has 126 valence electrons. The first kappa shape index (κ1) is 17.3. The summed E-state index contributed by atoms with van der Waals surface area (Å²) in [6, 6.07) is 10.6. The Labute approximate surface area is 153 Å². The van der Waals surface area contributed by atoms with Crippen LogP contribution in [0.3, 0.4) is 0 Å². The van der Waals surface area contributed by atoms with Gasteiger partial charge in [-0.3, -0.25) is 9.78 Å². The van der Waals surface area contributed by atoms with Gasteiger partial charge in [0.05, 0.1) is 21.2 Å². The number of pyridine rings is 1. The number of halogens is 1. The number of carboxylic acid groups (broad SMARTS) is 1. The molecule has 0 saturated heterocycles. The van der Waals surface area contributed by atoms with Crippen molar-refractivity contribution in [3.05, 3.63) is 75.3 Å². The molecule has 4 nitrogen and oxygen atoms in total. The van der Waals surface area contributed by atoms with Crippen molar-refractivity contribution in [1.82, 2.24) is 4.98 Å². The number of ketones is 1. The number of aromatic nitrogens is 1. The number of hydrogen-bond acceptors (Lipinski definition) is 4. The van der Waals surface area contributed by atoms with Crippen LogP contribution >= 0.6 is 22.9 Å². The van der Waals surface area contributed by atoms with Crippen molar-refractivity contribution in [2.24, 2.45) is 0 Å². The molecule has 25 heavy (non-hydrogen) atoms. The molecule has 0 aliphatic rings. The van der Waals surface area contributed by atoms with E-state index < -0.39 is 5.97 Å². The van der Waals surface area contributed by atoms with Gasteiger partial charge >= 0.3 is 5.97 Å². The number of benzene rings is 1. The van der Waals surface area contributed by atoms with E-state index in [0.29, 0.717) is 26.7 Å². The van der Waals surface area contributed by atoms with E-state index in [-0.39, 0.29) is 17.8 Å². The Kier molecular flexibility index (Phi) is 4.97. The monoisotopic (exact) mass is 371 g/mol. The lowest BCUT2D eigenvalue weighted by Crippen LogP contribution is -2.08. The third kappa shape index (κ3) is 3.78. The lowest BCUT2D eigenvalue weighted by molar-refractivity contribution is 0.0697. The van der Waals surface area contributed by atoms with E-state index in [2.05, 4.69) is 4.98 Å². The minimum Gasteiger partial charge on any atom is -0.478 e. The first-order valence-electron chi connectivity index (χ1n) is 7.51. The van der Waals surface area contributed by atoms with E-state index in [0.717, 1.165) is 5.56 Å². The summed E-state index contributed by atoms with van der Waals surface area (Å²) in [4.78, 5) is 28.9. The second-order valence-corrected chi connectivity index (χ2v) is 6.91. The molecule has 3 rings (SSSR count). The van der Waals surface area contributed by atoms with Crippen LogP contribution in [0.25, 0.3) is 10.6 Å². The number of carbonyl (C=O) groups is 2. The molecule has 0 saturated carbocycles. The van der Waals surface area contributed by atoms with Gasteiger partial charge in [0.2, 0.25) is 0 Å². The first-order valence-corrected chi connectivity index (χ1v) is 8.77. The third-order valence-electron chi connectivity index (χ3n) is 3.77. The highest BCUT2D eigenvalue weighted by atomic mass is 35.5. The van der Waals surface area contributed by atoms with Gasteiger partial charge < -0.3 is 5.11 Å². The maximum Gasteiger partial charge on any atom is 0.337 e. The number of hydrogen-bond donors (Lipinski definition) is 1. The second kappa shape index (κ2) is 7.17. The van der Waals surface area contributed by atoms with Gasteiger partial charge in [-0.1, -0.05) is 41.4 Å². The minimum atomic E-state index is -1.07. The van der Waals surface area contributed by atoms with Gasteiger partial charge in [-0.05, 0) is 30.0 Å². The van der Waals surface area contributed by atoms with Crippen molar-refractivity contribution in [3.63, 3.8) is 0 Å². The highest BCUT2D eigenvalue weighted by Gasteiger charge is 2.22. The summed E-state index contributed by atoms with van der Waals surface area (Å²) in [7, 11) is 0. The molecule has 2 heterocycles. The zero-order valence-corrected chi connectivity index (χ0v) is 14.9. The van der Waals surface area contributed by atoms with Crippen molar-refractivity contribution >= 4 is 34.7 Å². The Bertz CT molecular complexity index is 930. The molecule has 0 spiro atoms. The lowest BCUT2D eigenvalue weighted by Gasteiger charge is -2.04. The summed E-state index contributed by atoms with van der Waals surface area (Å²) in [5, 5.41) is 11.8. The maximum absolute atomic E-state index is 12.5. The fourth-order valence-electron chi connectivity index (χ4n) is 2.47. The Hall–Kier alpha value is -2.50. The number of Topliss-reactive ketones (excluding diaryl/α,β-unsaturated/α-hetero) is 1. The molecule has 0 unspecified atom stereocenters. The Balaban J connectivity index is 1.94. The highest BCUT2D eigenvalue weighted by Crippen LogP contribution is 2.33. The number of nitrogens with zero attached hydrogens (tertiary/aromatic N) is 1. The van der Waals surface area contributed by atoms with Crippen molar-refractivity contribution in [1.29, 1.82) is 0 Å². The first-order chi connectivity index (χ1) is 12.0. The summed E-state index contributed by atoms with van der Waals surface area (Å²) in [6.45, 7) is 1.95. The van der Waals surface area contributed by atoms with Crippen LogP contribution in [0.15, 0.2) is 48.0 Å². The SMILES string of the molecule is Cc1ccc(C(=O)Cc2csc(-c3ccc(Cl)cn3)c2C(=O)O)cc1. The van der Waals surface area contributed by atoms with Crippen LogP contribution in [-0.4, -0.2) is 21.8 Å². The maximum atomic E-state index is 12.5. The number of aromatic carboxylic acids is 1. The van der Waals surface area contributed by atoms with Crippen LogP contribution in [0.2, 0.25) is 5.02 Å². The molecule has 1 aromatic carbocycles. The standard InChI is InChI=1S/C19H14ClNO3S/c1-11-2-4-12(5-3-11)16(22)8-13-10-25-18(17(13)19(23)24)15-7-6-14(20)9-21-15/h2-7,9-10H,8H2,1H3,(H,23,24). The van der Waals surface area contributed by atoms with Gasteiger partial charge in [-0.25, -0.2) is 4.79 Å². The number of rotatable bonds is 5. The molecule has 3 aromatic rings. The normalized spacial score (nSPS) is 10.6. The van der Waals surface area contributed by atoms with E-state index in [9.17, 15) is 14.7 Å². The van der Waals surface area contributed by atoms with Crippen molar-refractivity contribution in [3.8, 4) is 10.6 Å². The Morgan fingerprint density at radius 1 is 1.16 bits per heavy atom. The van der Waals surface area contributed by atoms with Crippen LogP contribution in [-0.2, 0) is 6.42 Å². The quantitative estimate of drug-likeness (QED) is 0.648. The van der Waals surface area contributed by atoms with E-state index in [1.807, 2.05) is 19.1 Å². The molecule has 0 bridgehead atoms. The summed E-state index contributed by atoms with van der Waals surface area (Å²) in [5.41, 5.74) is 2.78. The fourth-order valence-corrected chi connectivity index (χ4v) is 3.62. The van der Waals surface area contributed by atoms with E-state index >= 15 is 0 Å². The van der Waals surface area contributed by atoms with Crippen LogP contribution in [0.5, 0.6) is 0 Å². The van der Waals surface area contributed by atoms with Gasteiger partial charge in [-0.15, -0.1) is 11.3 Å². The van der Waals surface area contributed by atoms with Crippen molar-refractivity contribution < 1.29 is 14.7 Å². The fraction of sp³-hybridized carbons (Fsp3) is 0.105. The number of carboxylic acids is 1. The smallest absolute Gasteiger partial charge is 0.337 e. The predicted octanol–water partition coefficient (Wildman–Crippen LogP) is 4.90. The lowest BCUT2D eigenvalue weighted by atomic mass is 10.00. The molecule has 0 atom stereocenters. The molecule has 1 N–H and O–H groups in total. The number of thiophene rings is 1. The molecular formula is C19H14ClNO3S. The summed E-state index contributed by atoms with van der Waals surface area (Å²) in [5.74, 6) is -1.18.